The first kappa shape index (κ1) is 33.1. The quantitative estimate of drug-likeness (QED) is 0.0647. The highest BCUT2D eigenvalue weighted by atomic mass is 32.2. The minimum Gasteiger partial charge on any atom is -0.481 e. The van der Waals surface area contributed by atoms with Crippen molar-refractivity contribution in [3.63, 3.8) is 0 Å². The van der Waals surface area contributed by atoms with Crippen LogP contribution in [-0.4, -0.2) is 63.0 Å². The largest absolute Gasteiger partial charge is 0.481 e. The Hall–Kier alpha value is -0.920. The number of hydrogen-bond donors (Lipinski definition) is 1. The molecule has 0 rings (SSSR count). The summed E-state index contributed by atoms with van der Waals surface area (Å²) < 4.78 is 30.5. The van der Waals surface area contributed by atoms with E-state index in [9.17, 15) is 13.2 Å². The Labute approximate surface area is 210 Å². The van der Waals surface area contributed by atoms with Crippen molar-refractivity contribution >= 4 is 16.1 Å². The summed E-state index contributed by atoms with van der Waals surface area (Å²) in [6.45, 7) is 6.99. The summed E-state index contributed by atoms with van der Waals surface area (Å²) in [6, 6.07) is 0. The fourth-order valence-electron chi connectivity index (χ4n) is 4.43. The van der Waals surface area contributed by atoms with Crippen molar-refractivity contribution in [1.82, 2.24) is 0 Å². The van der Waals surface area contributed by atoms with Crippen LogP contribution in [0.1, 0.15) is 116 Å². The van der Waals surface area contributed by atoms with Crippen LogP contribution in [0.5, 0.6) is 0 Å². The molecule has 0 aromatic carbocycles. The first-order valence-electron chi connectivity index (χ1n) is 13.7. The van der Waals surface area contributed by atoms with E-state index in [2.05, 4.69) is 13.5 Å². The zero-order valence-corrected chi connectivity index (χ0v) is 23.3. The average molecular weight is 505 g/mol. The molecule has 0 saturated carbocycles. The summed E-state index contributed by atoms with van der Waals surface area (Å²) in [5, 5.41) is 8.88. The Morgan fingerprint density at radius 2 is 1.35 bits per heavy atom. The van der Waals surface area contributed by atoms with E-state index in [1.165, 1.54) is 83.1 Å². The zero-order chi connectivity index (χ0) is 25.7. The van der Waals surface area contributed by atoms with E-state index in [-0.39, 0.29) is 18.3 Å². The molecule has 202 valence electrons. The molecule has 0 radical (unpaired) electrons. The van der Waals surface area contributed by atoms with Crippen molar-refractivity contribution in [2.45, 2.75) is 122 Å². The Bertz CT molecular complexity index is 619. The van der Waals surface area contributed by atoms with Crippen LogP contribution in [0.2, 0.25) is 0 Å². The van der Waals surface area contributed by atoms with Gasteiger partial charge in [0, 0.05) is 6.42 Å². The second-order valence-corrected chi connectivity index (χ2v) is 12.1. The third-order valence-electron chi connectivity index (χ3n) is 6.34. The predicted molar refractivity (Wildman–Crippen MR) is 142 cm³/mol. The number of carbonyl (C=O) groups is 1. The van der Waals surface area contributed by atoms with Crippen LogP contribution < -0.4 is 0 Å². The molecule has 0 saturated heterocycles. The van der Waals surface area contributed by atoms with Gasteiger partial charge in [0.15, 0.2) is 0 Å². The molecular formula is C27H54NO5S+. The first-order valence-corrected chi connectivity index (χ1v) is 15.2. The molecule has 0 aliphatic carbocycles. The van der Waals surface area contributed by atoms with Gasteiger partial charge in [0.25, 0.3) is 10.1 Å². The van der Waals surface area contributed by atoms with E-state index >= 15 is 0 Å². The Balaban J connectivity index is 4.16. The number of hydrogen-bond acceptors (Lipinski definition) is 4. The van der Waals surface area contributed by atoms with Gasteiger partial charge >= 0.3 is 5.97 Å². The normalized spacial score (nSPS) is 13.1. The topological polar surface area (TPSA) is 80.7 Å². The molecule has 0 bridgehead atoms. The smallest absolute Gasteiger partial charge is 0.303 e. The molecular weight excluding hydrogens is 450 g/mol. The van der Waals surface area contributed by atoms with E-state index < -0.39 is 16.1 Å². The molecule has 0 fully saturated rings. The number of carboxylic acid groups (broad SMARTS) is 1. The fourth-order valence-corrected chi connectivity index (χ4v) is 5.37. The van der Waals surface area contributed by atoms with Gasteiger partial charge in [0.1, 0.15) is 12.6 Å². The molecule has 6 nitrogen and oxygen atoms in total. The number of quaternary nitrogens is 1. The number of carboxylic acids is 1. The minimum absolute atomic E-state index is 0.126. The zero-order valence-electron chi connectivity index (χ0n) is 22.4. The molecule has 0 aliphatic heterocycles. The van der Waals surface area contributed by atoms with Crippen molar-refractivity contribution in [3.05, 3.63) is 12.7 Å². The summed E-state index contributed by atoms with van der Waals surface area (Å²) in [4.78, 5) is 10.8. The van der Waals surface area contributed by atoms with Gasteiger partial charge in [0.05, 0.1) is 32.8 Å². The lowest BCUT2D eigenvalue weighted by Gasteiger charge is -2.33. The van der Waals surface area contributed by atoms with E-state index in [1.54, 1.807) is 0 Å². The van der Waals surface area contributed by atoms with Gasteiger partial charge in [-0.15, -0.1) is 6.58 Å². The van der Waals surface area contributed by atoms with Crippen LogP contribution in [0.3, 0.4) is 0 Å². The van der Waals surface area contributed by atoms with Gasteiger partial charge in [0.2, 0.25) is 0 Å². The van der Waals surface area contributed by atoms with Crippen molar-refractivity contribution in [2.75, 3.05) is 32.9 Å². The van der Waals surface area contributed by atoms with Crippen LogP contribution in [-0.2, 0) is 19.1 Å². The van der Waals surface area contributed by atoms with Gasteiger partial charge < -0.3 is 9.59 Å². The van der Waals surface area contributed by atoms with Gasteiger partial charge in [-0.3, -0.25) is 8.98 Å². The lowest BCUT2D eigenvalue weighted by Crippen LogP contribution is -2.47. The Kier molecular flexibility index (Phi) is 19.7. The van der Waals surface area contributed by atoms with E-state index in [4.69, 9.17) is 9.29 Å². The molecule has 0 aromatic heterocycles. The standard InChI is InChI=1S/C27H53NO5S/c1-5-7-8-9-10-11-12-13-14-15-16-17-18-19-21-26(33-34(31,32)24-6-2)25-28(3,4)23-20-22-27(29)30/h6,26H,2,5,7-25H2,1,3-4H3/p+1. The Morgan fingerprint density at radius 1 is 0.882 bits per heavy atom. The van der Waals surface area contributed by atoms with Crippen molar-refractivity contribution < 1.29 is 27.0 Å². The molecule has 1 atom stereocenters. The third kappa shape index (κ3) is 21.6. The van der Waals surface area contributed by atoms with Crippen LogP contribution in [0.4, 0.5) is 0 Å². The highest BCUT2D eigenvalue weighted by molar-refractivity contribution is 7.86. The lowest BCUT2D eigenvalue weighted by atomic mass is 10.0. The number of nitrogens with zero attached hydrogens (tertiary/aromatic N) is 1. The molecule has 7 heteroatoms. The monoisotopic (exact) mass is 504 g/mol. The van der Waals surface area contributed by atoms with Gasteiger partial charge in [-0.1, -0.05) is 103 Å². The maximum Gasteiger partial charge on any atom is 0.303 e. The average Bonchev–Trinajstić information content (AvgIpc) is 2.72. The Morgan fingerprint density at radius 3 is 1.79 bits per heavy atom. The third-order valence-corrected chi connectivity index (χ3v) is 7.55. The SMILES string of the molecule is C=CCS(=O)(=O)OC(CCCCCCCCCCCCCCCC)C[N+](C)(C)CCCC(=O)O. The van der Waals surface area contributed by atoms with Crippen molar-refractivity contribution in [3.8, 4) is 0 Å². The highest BCUT2D eigenvalue weighted by Crippen LogP contribution is 2.17. The molecule has 0 heterocycles. The van der Waals surface area contributed by atoms with Gasteiger partial charge in [-0.25, -0.2) is 0 Å². The van der Waals surface area contributed by atoms with E-state index in [0.29, 0.717) is 30.4 Å². The summed E-state index contributed by atoms with van der Waals surface area (Å²) in [5.74, 6) is -0.988. The number of rotatable bonds is 25. The van der Waals surface area contributed by atoms with Crippen LogP contribution >= 0.6 is 0 Å². The summed E-state index contributed by atoms with van der Waals surface area (Å²) in [7, 11) is 0.378. The second-order valence-electron chi connectivity index (χ2n) is 10.5. The summed E-state index contributed by atoms with van der Waals surface area (Å²) >= 11 is 0. The van der Waals surface area contributed by atoms with E-state index in [1.807, 2.05) is 14.1 Å². The molecule has 1 N–H and O–H groups in total. The summed E-state index contributed by atoms with van der Waals surface area (Å²) in [6.07, 6.45) is 20.4. The predicted octanol–water partition coefficient (Wildman–Crippen LogP) is 6.70. The van der Waals surface area contributed by atoms with E-state index in [0.717, 1.165) is 12.8 Å². The summed E-state index contributed by atoms with van der Waals surface area (Å²) in [5.41, 5.74) is 0. The van der Waals surface area contributed by atoms with Crippen molar-refractivity contribution in [2.24, 2.45) is 0 Å². The molecule has 0 amide bonds. The molecule has 0 aliphatic rings. The molecule has 0 spiro atoms. The number of likely N-dealkylation sites (N-methyl/N-ethyl adjacent to an activating group) is 1. The fraction of sp³-hybridized carbons (Fsp3) is 0.889. The second kappa shape index (κ2) is 20.3. The highest BCUT2D eigenvalue weighted by Gasteiger charge is 2.26. The molecule has 0 aromatic rings. The number of aliphatic carboxylic acids is 1. The maximum atomic E-state index is 12.2. The first-order chi connectivity index (χ1) is 16.1. The van der Waals surface area contributed by atoms with Crippen LogP contribution in [0, 0.1) is 0 Å². The number of unbranched alkanes of at least 4 members (excludes halogenated alkanes) is 13. The molecule has 1 unspecified atom stereocenters. The van der Waals surface area contributed by atoms with Gasteiger partial charge in [-0.05, 0) is 6.42 Å². The molecule has 34 heavy (non-hydrogen) atoms. The minimum atomic E-state index is -3.63. The lowest BCUT2D eigenvalue weighted by molar-refractivity contribution is -0.893. The van der Waals surface area contributed by atoms with Crippen molar-refractivity contribution in [1.29, 1.82) is 0 Å². The van der Waals surface area contributed by atoms with Crippen LogP contribution in [0.25, 0.3) is 0 Å². The van der Waals surface area contributed by atoms with Gasteiger partial charge in [-0.2, -0.15) is 8.42 Å². The maximum absolute atomic E-state index is 12.2. The van der Waals surface area contributed by atoms with Crippen LogP contribution in [0.15, 0.2) is 12.7 Å².